The lowest BCUT2D eigenvalue weighted by Gasteiger charge is -2.07. The molecule has 0 bridgehead atoms. The van der Waals surface area contributed by atoms with Gasteiger partial charge in [0.1, 0.15) is 11.6 Å². The summed E-state index contributed by atoms with van der Waals surface area (Å²) >= 11 is 5.79. The minimum absolute atomic E-state index is 0.00905. The molecule has 26 heavy (non-hydrogen) atoms. The number of carbonyl (C=O) groups is 2. The number of nitro groups is 1. The number of esters is 2. The van der Waals surface area contributed by atoms with E-state index in [4.69, 9.17) is 21.1 Å². The molecule has 1 aromatic carbocycles. The van der Waals surface area contributed by atoms with Crippen molar-refractivity contribution in [2.24, 2.45) is 0 Å². The Morgan fingerprint density at radius 1 is 1.08 bits per heavy atom. The molecule has 144 valence electrons. The Morgan fingerprint density at radius 3 is 2.42 bits per heavy atom. The lowest BCUT2D eigenvalue weighted by atomic mass is 10.2. The summed E-state index contributed by atoms with van der Waals surface area (Å²) in [6.45, 7) is 2.27. The Hall–Kier alpha value is -2.15. The van der Waals surface area contributed by atoms with Crippen LogP contribution in [0.15, 0.2) is 18.2 Å². The highest BCUT2D eigenvalue weighted by Crippen LogP contribution is 2.28. The van der Waals surface area contributed by atoms with Crippen LogP contribution in [0.25, 0.3) is 0 Å². The second kappa shape index (κ2) is 12.2. The monoisotopic (exact) mass is 385 g/mol. The summed E-state index contributed by atoms with van der Waals surface area (Å²) in [4.78, 5) is 33.6. The van der Waals surface area contributed by atoms with Gasteiger partial charge in [-0.05, 0) is 25.0 Å². The summed E-state index contributed by atoms with van der Waals surface area (Å²) in [6, 6.07) is 4.43. The van der Waals surface area contributed by atoms with Gasteiger partial charge in [-0.3, -0.25) is 19.7 Å². The number of para-hydroxylation sites is 1. The van der Waals surface area contributed by atoms with Gasteiger partial charge in [-0.15, -0.1) is 0 Å². The summed E-state index contributed by atoms with van der Waals surface area (Å²) in [6.07, 6.45) is 4.61. The Morgan fingerprint density at radius 2 is 1.77 bits per heavy atom. The van der Waals surface area contributed by atoms with Gasteiger partial charge < -0.3 is 9.47 Å². The van der Waals surface area contributed by atoms with Gasteiger partial charge in [0.15, 0.2) is 0 Å². The highest BCUT2D eigenvalue weighted by molar-refractivity contribution is 6.32. The van der Waals surface area contributed by atoms with Crippen molar-refractivity contribution in [3.8, 4) is 0 Å². The van der Waals surface area contributed by atoms with Gasteiger partial charge in [0.25, 0.3) is 5.69 Å². The van der Waals surface area contributed by atoms with Crippen molar-refractivity contribution in [1.82, 2.24) is 0 Å². The highest BCUT2D eigenvalue weighted by atomic mass is 35.5. The fourth-order valence-electron chi connectivity index (χ4n) is 2.28. The van der Waals surface area contributed by atoms with Crippen LogP contribution in [-0.2, 0) is 25.7 Å². The molecule has 8 heteroatoms. The Bertz CT molecular complexity index is 620. The van der Waals surface area contributed by atoms with E-state index in [0.29, 0.717) is 13.0 Å². The smallest absolute Gasteiger partial charge is 0.306 e. The third-order valence-corrected chi connectivity index (χ3v) is 3.97. The number of benzene rings is 1. The molecule has 0 N–H and O–H groups in total. The maximum absolute atomic E-state index is 11.7. The van der Waals surface area contributed by atoms with E-state index in [9.17, 15) is 19.7 Å². The maximum Gasteiger partial charge on any atom is 0.306 e. The molecule has 0 fully saturated rings. The van der Waals surface area contributed by atoms with E-state index in [2.05, 4.69) is 6.92 Å². The van der Waals surface area contributed by atoms with Crippen LogP contribution in [0, 0.1) is 10.1 Å². The maximum atomic E-state index is 11.7. The molecule has 0 saturated heterocycles. The predicted octanol–water partition coefficient (Wildman–Crippen LogP) is 4.59. The molecule has 0 radical (unpaired) electrons. The van der Waals surface area contributed by atoms with Crippen LogP contribution in [0.5, 0.6) is 0 Å². The molecule has 0 amide bonds. The normalized spacial score (nSPS) is 10.4. The SMILES string of the molecule is CCCCCCOC(=O)CCCC(=O)OCc1cccc(Cl)c1[N+](=O)[O-]. The number of unbranched alkanes of at least 4 members (excludes halogenated alkanes) is 3. The molecule has 0 aliphatic heterocycles. The van der Waals surface area contributed by atoms with Crippen LogP contribution in [0.3, 0.4) is 0 Å². The van der Waals surface area contributed by atoms with Gasteiger partial charge in [0.2, 0.25) is 0 Å². The number of nitro benzene ring substituents is 1. The van der Waals surface area contributed by atoms with Crippen molar-refractivity contribution < 1.29 is 24.0 Å². The summed E-state index contributed by atoms with van der Waals surface area (Å²) in [5.74, 6) is -0.866. The van der Waals surface area contributed by atoms with Crippen LogP contribution < -0.4 is 0 Å². The van der Waals surface area contributed by atoms with Crippen LogP contribution >= 0.6 is 11.6 Å². The zero-order valence-corrected chi connectivity index (χ0v) is 15.6. The first-order valence-electron chi connectivity index (χ1n) is 8.68. The molecule has 1 aromatic rings. The summed E-state index contributed by atoms with van der Waals surface area (Å²) in [5.41, 5.74) is -0.0454. The van der Waals surface area contributed by atoms with Gasteiger partial charge in [0.05, 0.1) is 17.1 Å². The first-order valence-corrected chi connectivity index (χ1v) is 9.06. The largest absolute Gasteiger partial charge is 0.466 e. The minimum Gasteiger partial charge on any atom is -0.466 e. The molecule has 0 unspecified atom stereocenters. The van der Waals surface area contributed by atoms with E-state index in [-0.39, 0.29) is 41.7 Å². The fraction of sp³-hybridized carbons (Fsp3) is 0.556. The van der Waals surface area contributed by atoms with Crippen molar-refractivity contribution in [2.45, 2.75) is 58.5 Å². The van der Waals surface area contributed by atoms with Gasteiger partial charge in [-0.25, -0.2) is 0 Å². The number of rotatable bonds is 12. The number of halogens is 1. The number of ether oxygens (including phenoxy) is 2. The standard InChI is InChI=1S/C18H24ClNO6/c1-2-3-4-5-12-25-16(21)10-7-11-17(22)26-13-14-8-6-9-15(19)18(14)20(23)24/h6,8-9H,2-5,7,10-13H2,1H3. The molecule has 0 aromatic heterocycles. The van der Waals surface area contributed by atoms with Crippen molar-refractivity contribution in [2.75, 3.05) is 6.61 Å². The Labute approximate surface area is 157 Å². The zero-order chi connectivity index (χ0) is 19.4. The second-order valence-corrected chi connectivity index (χ2v) is 6.21. The van der Waals surface area contributed by atoms with Crippen LogP contribution in [0.4, 0.5) is 5.69 Å². The van der Waals surface area contributed by atoms with Crippen molar-refractivity contribution in [3.05, 3.63) is 38.9 Å². The Kier molecular flexibility index (Phi) is 10.3. The number of carbonyl (C=O) groups excluding carboxylic acids is 2. The molecular formula is C18H24ClNO6. The first-order chi connectivity index (χ1) is 12.5. The molecule has 0 spiro atoms. The summed E-state index contributed by atoms with van der Waals surface area (Å²) in [5, 5.41) is 11.0. The quantitative estimate of drug-likeness (QED) is 0.226. The van der Waals surface area contributed by atoms with Crippen LogP contribution in [-0.4, -0.2) is 23.5 Å². The molecular weight excluding hydrogens is 362 g/mol. The van der Waals surface area contributed by atoms with E-state index in [0.717, 1.165) is 25.7 Å². The zero-order valence-electron chi connectivity index (χ0n) is 14.9. The average molecular weight is 386 g/mol. The predicted molar refractivity (Wildman–Crippen MR) is 96.9 cm³/mol. The van der Waals surface area contributed by atoms with Gasteiger partial charge in [-0.2, -0.15) is 0 Å². The molecule has 0 aliphatic rings. The fourth-order valence-corrected chi connectivity index (χ4v) is 2.54. The van der Waals surface area contributed by atoms with Crippen molar-refractivity contribution in [3.63, 3.8) is 0 Å². The first kappa shape index (κ1) is 21.9. The number of nitrogens with zero attached hydrogens (tertiary/aromatic N) is 1. The van der Waals surface area contributed by atoms with Crippen molar-refractivity contribution in [1.29, 1.82) is 0 Å². The highest BCUT2D eigenvalue weighted by Gasteiger charge is 2.19. The Balaban J connectivity index is 2.26. The van der Waals surface area contributed by atoms with E-state index in [1.54, 1.807) is 6.07 Å². The van der Waals surface area contributed by atoms with E-state index in [1.807, 2.05) is 0 Å². The van der Waals surface area contributed by atoms with Crippen molar-refractivity contribution >= 4 is 29.2 Å². The minimum atomic E-state index is -0.609. The summed E-state index contributed by atoms with van der Waals surface area (Å²) < 4.78 is 10.1. The molecule has 7 nitrogen and oxygen atoms in total. The summed E-state index contributed by atoms with van der Waals surface area (Å²) in [7, 11) is 0. The molecule has 0 atom stereocenters. The van der Waals surface area contributed by atoms with E-state index < -0.39 is 10.9 Å². The van der Waals surface area contributed by atoms with E-state index >= 15 is 0 Å². The third kappa shape index (κ3) is 8.29. The third-order valence-electron chi connectivity index (χ3n) is 3.66. The number of hydrogen-bond acceptors (Lipinski definition) is 6. The molecule has 0 aliphatic carbocycles. The van der Waals surface area contributed by atoms with Gasteiger partial charge >= 0.3 is 11.9 Å². The van der Waals surface area contributed by atoms with Crippen LogP contribution in [0.1, 0.15) is 57.4 Å². The van der Waals surface area contributed by atoms with Gasteiger partial charge in [-0.1, -0.05) is 43.9 Å². The topological polar surface area (TPSA) is 95.7 Å². The second-order valence-electron chi connectivity index (χ2n) is 5.80. The van der Waals surface area contributed by atoms with E-state index in [1.165, 1.54) is 12.1 Å². The number of hydrogen-bond donors (Lipinski definition) is 0. The molecule has 1 rings (SSSR count). The lowest BCUT2D eigenvalue weighted by Crippen LogP contribution is -2.09. The average Bonchev–Trinajstić information content (AvgIpc) is 2.59. The molecule has 0 heterocycles. The van der Waals surface area contributed by atoms with Gasteiger partial charge in [0, 0.05) is 12.8 Å². The van der Waals surface area contributed by atoms with Crippen LogP contribution in [0.2, 0.25) is 5.02 Å². The lowest BCUT2D eigenvalue weighted by molar-refractivity contribution is -0.385. The molecule has 0 saturated carbocycles.